The van der Waals surface area contributed by atoms with Gasteiger partial charge < -0.3 is 14.0 Å². The third-order valence-electron chi connectivity index (χ3n) is 4.55. The Bertz CT molecular complexity index is 688. The first-order valence-electron chi connectivity index (χ1n) is 7.82. The summed E-state index contributed by atoms with van der Waals surface area (Å²) in [5, 5.41) is 12.1. The van der Waals surface area contributed by atoms with Crippen molar-refractivity contribution in [3.8, 4) is 0 Å². The van der Waals surface area contributed by atoms with Gasteiger partial charge in [-0.15, -0.1) is 10.2 Å². The van der Waals surface area contributed by atoms with Gasteiger partial charge in [0.05, 0.1) is 0 Å². The van der Waals surface area contributed by atoms with Crippen LogP contribution < -0.4 is 0 Å². The van der Waals surface area contributed by atoms with Crippen LogP contribution in [0.3, 0.4) is 0 Å². The molecule has 2 aliphatic rings. The highest BCUT2D eigenvalue weighted by Crippen LogP contribution is 2.40. The summed E-state index contributed by atoms with van der Waals surface area (Å²) in [7, 11) is 1.94. The molecular weight excluding hydrogens is 282 g/mol. The number of carbonyl (C=O) groups excluding carboxylic acids is 1. The molecule has 0 spiro atoms. The first-order valence-corrected chi connectivity index (χ1v) is 7.82. The molecule has 3 heterocycles. The Morgan fingerprint density at radius 1 is 1.32 bits per heavy atom. The number of aromatic nitrogens is 4. The molecule has 0 radical (unpaired) electrons. The third-order valence-corrected chi connectivity index (χ3v) is 4.55. The minimum absolute atomic E-state index is 0.0393. The van der Waals surface area contributed by atoms with Gasteiger partial charge in [0.25, 0.3) is 5.91 Å². The van der Waals surface area contributed by atoms with Crippen molar-refractivity contribution in [1.82, 2.24) is 24.8 Å². The van der Waals surface area contributed by atoms with Crippen LogP contribution in [0.5, 0.6) is 0 Å². The maximum atomic E-state index is 12.6. The Balaban J connectivity index is 1.49. The lowest BCUT2D eigenvalue weighted by molar-refractivity contribution is 0.0693. The largest absolute Gasteiger partial charge is 0.360 e. The molecular formula is C15H19N5O2. The smallest absolute Gasteiger partial charge is 0.276 e. The predicted molar refractivity (Wildman–Crippen MR) is 77.4 cm³/mol. The van der Waals surface area contributed by atoms with E-state index in [1.165, 1.54) is 0 Å². The van der Waals surface area contributed by atoms with Crippen LogP contribution in [0.25, 0.3) is 0 Å². The highest BCUT2D eigenvalue weighted by atomic mass is 16.5. The molecule has 0 bridgehead atoms. The Morgan fingerprint density at radius 2 is 2.18 bits per heavy atom. The quantitative estimate of drug-likeness (QED) is 0.862. The van der Waals surface area contributed by atoms with Gasteiger partial charge in [-0.3, -0.25) is 4.79 Å². The first kappa shape index (κ1) is 13.5. The zero-order valence-electron chi connectivity index (χ0n) is 12.6. The Labute approximate surface area is 128 Å². The number of nitrogens with zero attached hydrogens (tertiary/aromatic N) is 5. The molecule has 0 unspecified atom stereocenters. The number of piperidine rings is 1. The second-order valence-electron chi connectivity index (χ2n) is 6.28. The van der Waals surface area contributed by atoms with Crippen molar-refractivity contribution in [2.45, 2.75) is 37.5 Å². The van der Waals surface area contributed by atoms with Gasteiger partial charge in [-0.2, -0.15) is 0 Å². The second kappa shape index (κ2) is 5.23. The van der Waals surface area contributed by atoms with Gasteiger partial charge >= 0.3 is 0 Å². The van der Waals surface area contributed by atoms with Crippen LogP contribution in [0.15, 0.2) is 16.9 Å². The predicted octanol–water partition coefficient (Wildman–Crippen LogP) is 1.70. The molecule has 1 aliphatic heterocycles. The standard InChI is InChI=1S/C15H19N5O2/c1-19-9-16-17-14(19)11-3-2-6-20(8-11)15(21)12-7-13(22-18-12)10-4-5-10/h7,9-11H,2-6,8H2,1H3/t11-/m1/s1. The fraction of sp³-hybridized carbons (Fsp3) is 0.600. The Morgan fingerprint density at radius 3 is 2.91 bits per heavy atom. The zero-order valence-corrected chi connectivity index (χ0v) is 12.6. The summed E-state index contributed by atoms with van der Waals surface area (Å²) in [6.07, 6.45) is 5.98. The lowest BCUT2D eigenvalue weighted by Gasteiger charge is -2.31. The zero-order chi connectivity index (χ0) is 15.1. The van der Waals surface area contributed by atoms with E-state index in [1.54, 1.807) is 6.33 Å². The number of carbonyl (C=O) groups is 1. The van der Waals surface area contributed by atoms with E-state index >= 15 is 0 Å². The molecule has 1 saturated heterocycles. The van der Waals surface area contributed by atoms with Crippen molar-refractivity contribution in [2.75, 3.05) is 13.1 Å². The molecule has 7 nitrogen and oxygen atoms in total. The van der Waals surface area contributed by atoms with Crippen LogP contribution in [0.2, 0.25) is 0 Å². The summed E-state index contributed by atoms with van der Waals surface area (Å²) in [6.45, 7) is 1.43. The van der Waals surface area contributed by atoms with E-state index in [1.807, 2.05) is 22.6 Å². The molecule has 7 heteroatoms. The van der Waals surface area contributed by atoms with Gasteiger partial charge in [-0.05, 0) is 25.7 Å². The summed E-state index contributed by atoms with van der Waals surface area (Å²) in [5.74, 6) is 2.46. The highest BCUT2D eigenvalue weighted by molar-refractivity contribution is 5.92. The molecule has 0 aromatic carbocycles. The van der Waals surface area contributed by atoms with Crippen molar-refractivity contribution in [3.63, 3.8) is 0 Å². The van der Waals surface area contributed by atoms with E-state index in [0.717, 1.165) is 43.8 Å². The van der Waals surface area contributed by atoms with Crippen LogP contribution in [0.4, 0.5) is 0 Å². The van der Waals surface area contributed by atoms with Gasteiger partial charge in [0.1, 0.15) is 17.9 Å². The SMILES string of the molecule is Cn1cnnc1[C@@H]1CCCN(C(=O)c2cc(C3CC3)on2)C1. The van der Waals surface area contributed by atoms with Gasteiger partial charge in [0.15, 0.2) is 5.69 Å². The number of hydrogen-bond acceptors (Lipinski definition) is 5. The molecule has 2 fully saturated rings. The fourth-order valence-electron chi connectivity index (χ4n) is 3.15. The van der Waals surface area contributed by atoms with Gasteiger partial charge in [0, 0.05) is 38.0 Å². The van der Waals surface area contributed by atoms with E-state index in [-0.39, 0.29) is 11.8 Å². The lowest BCUT2D eigenvalue weighted by Crippen LogP contribution is -2.39. The normalized spacial score (nSPS) is 22.0. The molecule has 1 atom stereocenters. The Kier molecular flexibility index (Phi) is 3.20. The van der Waals surface area contributed by atoms with Crippen molar-refractivity contribution < 1.29 is 9.32 Å². The first-order chi connectivity index (χ1) is 10.7. The average molecular weight is 301 g/mol. The van der Waals surface area contributed by atoms with Crippen molar-refractivity contribution >= 4 is 5.91 Å². The molecule has 1 aliphatic carbocycles. The van der Waals surface area contributed by atoms with Crippen LogP contribution in [0.1, 0.15) is 59.6 Å². The summed E-state index contributed by atoms with van der Waals surface area (Å²) in [6, 6.07) is 1.81. The topological polar surface area (TPSA) is 77.0 Å². The van der Waals surface area contributed by atoms with Gasteiger partial charge in [-0.1, -0.05) is 5.16 Å². The highest BCUT2D eigenvalue weighted by Gasteiger charge is 2.32. The van der Waals surface area contributed by atoms with Crippen molar-refractivity contribution in [1.29, 1.82) is 0 Å². The van der Waals surface area contributed by atoms with Crippen LogP contribution in [-0.2, 0) is 7.05 Å². The molecule has 22 heavy (non-hydrogen) atoms. The molecule has 2 aromatic rings. The molecule has 1 amide bonds. The second-order valence-corrected chi connectivity index (χ2v) is 6.28. The van der Waals surface area contributed by atoms with Gasteiger partial charge in [-0.25, -0.2) is 0 Å². The number of rotatable bonds is 3. The monoisotopic (exact) mass is 301 g/mol. The van der Waals surface area contributed by atoms with Crippen molar-refractivity contribution in [2.24, 2.45) is 7.05 Å². The Hall–Kier alpha value is -2.18. The molecule has 116 valence electrons. The van der Waals surface area contributed by atoms with Crippen LogP contribution in [0, 0.1) is 0 Å². The summed E-state index contributed by atoms with van der Waals surface area (Å²) >= 11 is 0. The van der Waals surface area contributed by atoms with E-state index in [0.29, 0.717) is 18.2 Å². The molecule has 4 rings (SSSR count). The maximum absolute atomic E-state index is 12.6. The maximum Gasteiger partial charge on any atom is 0.276 e. The lowest BCUT2D eigenvalue weighted by atomic mass is 9.97. The fourth-order valence-corrected chi connectivity index (χ4v) is 3.15. The van der Waals surface area contributed by atoms with E-state index in [4.69, 9.17) is 4.52 Å². The van der Waals surface area contributed by atoms with Crippen LogP contribution in [-0.4, -0.2) is 43.8 Å². The van der Waals surface area contributed by atoms with Crippen molar-refractivity contribution in [3.05, 3.63) is 29.7 Å². The molecule has 2 aromatic heterocycles. The van der Waals surface area contributed by atoms with E-state index in [9.17, 15) is 4.79 Å². The van der Waals surface area contributed by atoms with E-state index in [2.05, 4.69) is 15.4 Å². The van der Waals surface area contributed by atoms with E-state index < -0.39 is 0 Å². The van der Waals surface area contributed by atoms with Crippen LogP contribution >= 0.6 is 0 Å². The molecule has 0 N–H and O–H groups in total. The third kappa shape index (κ3) is 2.40. The number of hydrogen-bond donors (Lipinski definition) is 0. The minimum atomic E-state index is -0.0393. The number of amides is 1. The minimum Gasteiger partial charge on any atom is -0.360 e. The summed E-state index contributed by atoms with van der Waals surface area (Å²) < 4.78 is 7.23. The average Bonchev–Trinajstić information content (AvgIpc) is 3.11. The van der Waals surface area contributed by atoms with Gasteiger partial charge in [0.2, 0.25) is 0 Å². The number of aryl methyl sites for hydroxylation is 1. The number of likely N-dealkylation sites (tertiary alicyclic amines) is 1. The summed E-state index contributed by atoms with van der Waals surface area (Å²) in [5.41, 5.74) is 0.431. The summed E-state index contributed by atoms with van der Waals surface area (Å²) in [4.78, 5) is 14.5. The molecule has 1 saturated carbocycles.